The topological polar surface area (TPSA) is 64.7 Å². The van der Waals surface area contributed by atoms with E-state index in [2.05, 4.69) is 19.1 Å². The first-order valence-corrected chi connectivity index (χ1v) is 7.68. The molecule has 2 aromatic carbocycles. The fourth-order valence-corrected chi connectivity index (χ4v) is 3.04. The van der Waals surface area contributed by atoms with Crippen molar-refractivity contribution < 1.29 is 14.6 Å². The van der Waals surface area contributed by atoms with E-state index in [1.807, 2.05) is 36.4 Å². The van der Waals surface area contributed by atoms with Gasteiger partial charge in [0.1, 0.15) is 6.23 Å². The highest BCUT2D eigenvalue weighted by atomic mass is 16.5. The molecule has 4 nitrogen and oxygen atoms in total. The maximum Gasteiger partial charge on any atom is 0.160 e. The molecule has 0 bridgehead atoms. The van der Waals surface area contributed by atoms with Crippen molar-refractivity contribution in [2.45, 2.75) is 31.4 Å². The molecule has 0 aliphatic heterocycles. The Morgan fingerprint density at radius 3 is 2.26 bits per heavy atom. The largest absolute Gasteiger partial charge is 0.493 e. The van der Waals surface area contributed by atoms with Gasteiger partial charge in [0, 0.05) is 5.41 Å². The van der Waals surface area contributed by atoms with Gasteiger partial charge in [-0.3, -0.25) is 0 Å². The second-order valence-corrected chi connectivity index (χ2v) is 6.06. The van der Waals surface area contributed by atoms with E-state index in [4.69, 9.17) is 15.2 Å². The number of ether oxygens (including phenoxy) is 2. The van der Waals surface area contributed by atoms with Gasteiger partial charge in [-0.05, 0) is 36.1 Å². The highest BCUT2D eigenvalue weighted by Gasteiger charge is 2.29. The van der Waals surface area contributed by atoms with E-state index in [9.17, 15) is 5.11 Å². The van der Waals surface area contributed by atoms with Gasteiger partial charge >= 0.3 is 0 Å². The molecule has 2 atom stereocenters. The zero-order valence-electron chi connectivity index (χ0n) is 14.0. The van der Waals surface area contributed by atoms with Crippen molar-refractivity contribution in [1.29, 1.82) is 0 Å². The van der Waals surface area contributed by atoms with E-state index in [0.29, 0.717) is 17.9 Å². The third-order valence-corrected chi connectivity index (χ3v) is 4.17. The standard InChI is InChI=1S/C19H25NO3/c1-19(13-18(20)21,15-7-5-4-6-8-15)12-14-9-10-16(22-2)17(11-14)23-3/h4-11,18,21H,12-13,20H2,1-3H3/t18-,19?/m1/s1. The molecule has 0 amide bonds. The summed E-state index contributed by atoms with van der Waals surface area (Å²) in [6.45, 7) is 2.12. The maximum atomic E-state index is 9.74. The number of rotatable bonds is 7. The quantitative estimate of drug-likeness (QED) is 0.771. The van der Waals surface area contributed by atoms with Gasteiger partial charge in [-0.25, -0.2) is 0 Å². The molecule has 2 aromatic rings. The Bertz CT molecular complexity index is 628. The Hall–Kier alpha value is -2.04. The number of aliphatic hydroxyl groups excluding tert-OH is 1. The molecule has 0 radical (unpaired) electrons. The summed E-state index contributed by atoms with van der Waals surface area (Å²) in [4.78, 5) is 0. The monoisotopic (exact) mass is 315 g/mol. The molecular weight excluding hydrogens is 290 g/mol. The lowest BCUT2D eigenvalue weighted by atomic mass is 9.74. The number of methoxy groups -OCH3 is 2. The van der Waals surface area contributed by atoms with Crippen LogP contribution in [0.2, 0.25) is 0 Å². The highest BCUT2D eigenvalue weighted by molar-refractivity contribution is 5.44. The van der Waals surface area contributed by atoms with Crippen LogP contribution in [0.3, 0.4) is 0 Å². The van der Waals surface area contributed by atoms with Crippen molar-refractivity contribution >= 4 is 0 Å². The lowest BCUT2D eigenvalue weighted by Gasteiger charge is -2.32. The summed E-state index contributed by atoms with van der Waals surface area (Å²) in [5.41, 5.74) is 7.67. The van der Waals surface area contributed by atoms with Crippen LogP contribution in [0.5, 0.6) is 11.5 Å². The SMILES string of the molecule is COc1ccc(CC(C)(C[C@H](N)O)c2ccccc2)cc1OC. The maximum absolute atomic E-state index is 9.74. The number of hydrogen-bond donors (Lipinski definition) is 2. The summed E-state index contributed by atoms with van der Waals surface area (Å²) in [5.74, 6) is 1.41. The first-order chi connectivity index (χ1) is 11.0. The summed E-state index contributed by atoms with van der Waals surface area (Å²) < 4.78 is 10.7. The predicted molar refractivity (Wildman–Crippen MR) is 91.9 cm³/mol. The molecule has 2 rings (SSSR count). The van der Waals surface area contributed by atoms with E-state index < -0.39 is 6.23 Å². The number of hydrogen-bond acceptors (Lipinski definition) is 4. The van der Waals surface area contributed by atoms with Crippen LogP contribution in [0.25, 0.3) is 0 Å². The molecule has 0 saturated carbocycles. The van der Waals surface area contributed by atoms with Gasteiger partial charge in [-0.1, -0.05) is 43.3 Å². The zero-order chi connectivity index (χ0) is 16.9. The van der Waals surface area contributed by atoms with E-state index >= 15 is 0 Å². The molecular formula is C19H25NO3. The van der Waals surface area contributed by atoms with Crippen molar-refractivity contribution in [3.8, 4) is 11.5 Å². The van der Waals surface area contributed by atoms with Gasteiger partial charge in [0.05, 0.1) is 14.2 Å². The smallest absolute Gasteiger partial charge is 0.160 e. The van der Waals surface area contributed by atoms with E-state index in [1.165, 1.54) is 0 Å². The van der Waals surface area contributed by atoms with Crippen LogP contribution in [0.15, 0.2) is 48.5 Å². The lowest BCUT2D eigenvalue weighted by Crippen LogP contribution is -2.34. The summed E-state index contributed by atoms with van der Waals surface area (Å²) >= 11 is 0. The Morgan fingerprint density at radius 1 is 1.04 bits per heavy atom. The molecule has 23 heavy (non-hydrogen) atoms. The molecule has 4 heteroatoms. The van der Waals surface area contributed by atoms with Gasteiger partial charge in [-0.2, -0.15) is 0 Å². The van der Waals surface area contributed by atoms with E-state index in [-0.39, 0.29) is 5.41 Å². The summed E-state index contributed by atoms with van der Waals surface area (Å²) in [6, 6.07) is 16.0. The third-order valence-electron chi connectivity index (χ3n) is 4.17. The molecule has 0 fully saturated rings. The molecule has 0 aromatic heterocycles. The molecule has 0 spiro atoms. The summed E-state index contributed by atoms with van der Waals surface area (Å²) in [6.07, 6.45) is 0.358. The normalized spacial score (nSPS) is 14.8. The lowest BCUT2D eigenvalue weighted by molar-refractivity contribution is 0.140. The average Bonchev–Trinajstić information content (AvgIpc) is 2.54. The molecule has 0 aliphatic carbocycles. The highest BCUT2D eigenvalue weighted by Crippen LogP contribution is 2.35. The second kappa shape index (κ2) is 7.49. The van der Waals surface area contributed by atoms with Crippen LogP contribution in [0.1, 0.15) is 24.5 Å². The first-order valence-electron chi connectivity index (χ1n) is 7.68. The van der Waals surface area contributed by atoms with Crippen molar-refractivity contribution in [1.82, 2.24) is 0 Å². The third kappa shape index (κ3) is 4.24. The molecule has 0 aliphatic rings. The Labute approximate surface area is 137 Å². The Kier molecular flexibility index (Phi) is 5.64. The Morgan fingerprint density at radius 2 is 1.70 bits per heavy atom. The van der Waals surface area contributed by atoms with Gasteiger partial charge < -0.3 is 20.3 Å². The van der Waals surface area contributed by atoms with Crippen LogP contribution in [0, 0.1) is 0 Å². The minimum atomic E-state index is -0.861. The molecule has 0 heterocycles. The number of benzene rings is 2. The summed E-state index contributed by atoms with van der Waals surface area (Å²) in [5, 5.41) is 9.74. The Balaban J connectivity index is 2.35. The van der Waals surface area contributed by atoms with Gasteiger partial charge in [0.25, 0.3) is 0 Å². The van der Waals surface area contributed by atoms with Gasteiger partial charge in [-0.15, -0.1) is 0 Å². The minimum absolute atomic E-state index is 0.269. The van der Waals surface area contributed by atoms with Crippen LogP contribution >= 0.6 is 0 Å². The fraction of sp³-hybridized carbons (Fsp3) is 0.368. The van der Waals surface area contributed by atoms with Crippen LogP contribution in [-0.2, 0) is 11.8 Å². The van der Waals surface area contributed by atoms with Crippen molar-refractivity contribution in [2.75, 3.05) is 14.2 Å². The van der Waals surface area contributed by atoms with Crippen LogP contribution in [0.4, 0.5) is 0 Å². The number of nitrogens with two attached hydrogens (primary N) is 1. The van der Waals surface area contributed by atoms with Crippen molar-refractivity contribution in [2.24, 2.45) is 5.73 Å². The molecule has 0 saturated heterocycles. The van der Waals surface area contributed by atoms with E-state index in [1.54, 1.807) is 14.2 Å². The molecule has 124 valence electrons. The summed E-state index contributed by atoms with van der Waals surface area (Å²) in [7, 11) is 3.25. The second-order valence-electron chi connectivity index (χ2n) is 6.06. The number of aliphatic hydroxyl groups is 1. The van der Waals surface area contributed by atoms with Crippen molar-refractivity contribution in [3.63, 3.8) is 0 Å². The molecule has 1 unspecified atom stereocenters. The van der Waals surface area contributed by atoms with Crippen molar-refractivity contribution in [3.05, 3.63) is 59.7 Å². The van der Waals surface area contributed by atoms with Crippen LogP contribution < -0.4 is 15.2 Å². The average molecular weight is 315 g/mol. The minimum Gasteiger partial charge on any atom is -0.493 e. The van der Waals surface area contributed by atoms with Crippen LogP contribution in [-0.4, -0.2) is 25.6 Å². The fourth-order valence-electron chi connectivity index (χ4n) is 3.04. The zero-order valence-corrected chi connectivity index (χ0v) is 14.0. The first kappa shape index (κ1) is 17.3. The van der Waals surface area contributed by atoms with Gasteiger partial charge in [0.2, 0.25) is 0 Å². The predicted octanol–water partition coefficient (Wildman–Crippen LogP) is 2.87. The van der Waals surface area contributed by atoms with Gasteiger partial charge in [0.15, 0.2) is 11.5 Å². The van der Waals surface area contributed by atoms with E-state index in [0.717, 1.165) is 17.5 Å². The molecule has 3 N–H and O–H groups in total.